The fraction of sp³-hybridized carbons (Fsp3) is 0.333. The summed E-state index contributed by atoms with van der Waals surface area (Å²) in [6, 6.07) is 18.2. The first-order chi connectivity index (χ1) is 12.3. The predicted molar refractivity (Wildman–Crippen MR) is 99.9 cm³/mol. The Morgan fingerprint density at radius 1 is 1.12 bits per heavy atom. The summed E-state index contributed by atoms with van der Waals surface area (Å²) in [6.07, 6.45) is 0.796. The Morgan fingerprint density at radius 3 is 2.56 bits per heavy atom. The first-order valence-electron chi connectivity index (χ1n) is 8.83. The lowest BCUT2D eigenvalue weighted by molar-refractivity contribution is -0.152. The third kappa shape index (κ3) is 4.68. The summed E-state index contributed by atoms with van der Waals surface area (Å²) in [7, 11) is 0. The van der Waals surface area contributed by atoms with Crippen LogP contribution in [0.1, 0.15) is 12.0 Å². The zero-order valence-electron chi connectivity index (χ0n) is 14.5. The van der Waals surface area contributed by atoms with Crippen LogP contribution >= 0.6 is 0 Å². The molecule has 1 N–H and O–H groups in total. The van der Waals surface area contributed by atoms with Crippen LogP contribution in [0.4, 0.5) is 0 Å². The second kappa shape index (κ2) is 8.79. The summed E-state index contributed by atoms with van der Waals surface area (Å²) in [5.41, 5.74) is 3.34. The van der Waals surface area contributed by atoms with Gasteiger partial charge in [0.15, 0.2) is 0 Å². The van der Waals surface area contributed by atoms with Gasteiger partial charge in [0.05, 0.1) is 0 Å². The molecular formula is C21H25N2O2. The van der Waals surface area contributed by atoms with E-state index in [0.29, 0.717) is 13.2 Å². The van der Waals surface area contributed by atoms with Gasteiger partial charge in [0.1, 0.15) is 12.6 Å². The second-order valence-electron chi connectivity index (χ2n) is 6.28. The maximum absolute atomic E-state index is 12.4. The molecule has 1 unspecified atom stereocenters. The lowest BCUT2D eigenvalue weighted by atomic mass is 10.0. The summed E-state index contributed by atoms with van der Waals surface area (Å²) >= 11 is 0. The molecule has 3 rings (SSSR count). The Kier molecular flexibility index (Phi) is 6.20. The summed E-state index contributed by atoms with van der Waals surface area (Å²) in [6.45, 7) is 7.44. The van der Waals surface area contributed by atoms with Crippen molar-refractivity contribution in [3.8, 4) is 11.1 Å². The molecule has 1 saturated heterocycles. The third-order valence-corrected chi connectivity index (χ3v) is 4.51. The molecule has 1 atom stereocenters. The SMILES string of the molecule is [CH2]CCN1CCNCC1C(=O)OCc1ccc(-c2ccccc2)cc1. The molecule has 0 amide bonds. The van der Waals surface area contributed by atoms with E-state index < -0.39 is 0 Å². The molecule has 4 nitrogen and oxygen atoms in total. The monoisotopic (exact) mass is 337 g/mol. The van der Waals surface area contributed by atoms with Gasteiger partial charge in [0, 0.05) is 19.6 Å². The van der Waals surface area contributed by atoms with Crippen LogP contribution in [-0.4, -0.2) is 43.1 Å². The number of carbonyl (C=O) groups is 1. The fourth-order valence-electron chi connectivity index (χ4n) is 3.12. The zero-order chi connectivity index (χ0) is 17.5. The number of nitrogens with zero attached hydrogens (tertiary/aromatic N) is 1. The van der Waals surface area contributed by atoms with Crippen molar-refractivity contribution >= 4 is 5.97 Å². The van der Waals surface area contributed by atoms with Crippen LogP contribution in [-0.2, 0) is 16.1 Å². The summed E-state index contributed by atoms with van der Waals surface area (Å²) in [4.78, 5) is 14.6. The Morgan fingerprint density at radius 2 is 1.84 bits per heavy atom. The van der Waals surface area contributed by atoms with Gasteiger partial charge in [-0.2, -0.15) is 0 Å². The highest BCUT2D eigenvalue weighted by molar-refractivity contribution is 5.76. The standard InChI is InChI=1S/C21H25N2O2/c1-2-13-23-14-12-22-15-20(23)21(24)25-16-17-8-10-19(11-9-17)18-6-4-3-5-7-18/h3-11,20,22H,1-2,12-16H2. The van der Waals surface area contributed by atoms with Crippen molar-refractivity contribution in [3.05, 3.63) is 67.1 Å². The van der Waals surface area contributed by atoms with Crippen molar-refractivity contribution in [1.82, 2.24) is 10.2 Å². The van der Waals surface area contributed by atoms with E-state index in [0.717, 1.165) is 37.2 Å². The Hall–Kier alpha value is -2.17. The van der Waals surface area contributed by atoms with Crippen molar-refractivity contribution in [2.45, 2.75) is 19.1 Å². The van der Waals surface area contributed by atoms with E-state index in [2.05, 4.69) is 41.4 Å². The van der Waals surface area contributed by atoms with Crippen LogP contribution < -0.4 is 5.32 Å². The number of esters is 1. The van der Waals surface area contributed by atoms with Crippen LogP contribution in [0.25, 0.3) is 11.1 Å². The molecule has 0 aliphatic carbocycles. The number of piperazine rings is 1. The van der Waals surface area contributed by atoms with Crippen LogP contribution in [0.2, 0.25) is 0 Å². The van der Waals surface area contributed by atoms with Gasteiger partial charge in [0.25, 0.3) is 0 Å². The molecule has 1 aliphatic rings. The fourth-order valence-corrected chi connectivity index (χ4v) is 3.12. The van der Waals surface area contributed by atoms with Crippen LogP contribution in [0.3, 0.4) is 0 Å². The first kappa shape index (κ1) is 17.6. The van der Waals surface area contributed by atoms with Crippen molar-refractivity contribution in [1.29, 1.82) is 0 Å². The van der Waals surface area contributed by atoms with Gasteiger partial charge in [0.2, 0.25) is 0 Å². The second-order valence-corrected chi connectivity index (χ2v) is 6.28. The summed E-state index contributed by atoms with van der Waals surface area (Å²) in [5, 5.41) is 3.27. The highest BCUT2D eigenvalue weighted by Crippen LogP contribution is 2.19. The summed E-state index contributed by atoms with van der Waals surface area (Å²) in [5.74, 6) is -0.159. The van der Waals surface area contributed by atoms with E-state index in [1.54, 1.807) is 0 Å². The van der Waals surface area contributed by atoms with Gasteiger partial charge in [-0.15, -0.1) is 0 Å². The largest absolute Gasteiger partial charge is 0.460 e. The molecule has 0 bridgehead atoms. The topological polar surface area (TPSA) is 41.6 Å². The average molecular weight is 337 g/mol. The van der Waals surface area contributed by atoms with Crippen LogP contribution in [0.15, 0.2) is 54.6 Å². The quantitative estimate of drug-likeness (QED) is 0.823. The number of benzene rings is 2. The van der Waals surface area contributed by atoms with Gasteiger partial charge in [-0.25, -0.2) is 0 Å². The molecule has 131 valence electrons. The molecule has 1 aliphatic heterocycles. The van der Waals surface area contributed by atoms with E-state index in [1.165, 1.54) is 5.56 Å². The Bertz CT molecular complexity index is 668. The molecule has 0 spiro atoms. The number of hydrogen-bond acceptors (Lipinski definition) is 4. The van der Waals surface area contributed by atoms with E-state index in [4.69, 9.17) is 4.74 Å². The minimum absolute atomic E-state index is 0.159. The van der Waals surface area contributed by atoms with Gasteiger partial charge in [-0.05, 0) is 29.7 Å². The minimum Gasteiger partial charge on any atom is -0.460 e. The molecular weight excluding hydrogens is 312 g/mol. The number of carbonyl (C=O) groups excluding carboxylic acids is 1. The van der Waals surface area contributed by atoms with Crippen LogP contribution in [0, 0.1) is 6.92 Å². The summed E-state index contributed by atoms with van der Waals surface area (Å²) < 4.78 is 5.55. The van der Waals surface area contributed by atoms with E-state index in [9.17, 15) is 4.79 Å². The van der Waals surface area contributed by atoms with E-state index >= 15 is 0 Å². The van der Waals surface area contributed by atoms with Gasteiger partial charge in [-0.3, -0.25) is 9.69 Å². The number of nitrogens with one attached hydrogen (secondary N) is 1. The zero-order valence-corrected chi connectivity index (χ0v) is 14.5. The third-order valence-electron chi connectivity index (χ3n) is 4.51. The molecule has 1 fully saturated rings. The van der Waals surface area contributed by atoms with E-state index in [-0.39, 0.29) is 12.0 Å². The highest BCUT2D eigenvalue weighted by Gasteiger charge is 2.29. The maximum atomic E-state index is 12.4. The van der Waals surface area contributed by atoms with Crippen LogP contribution in [0.5, 0.6) is 0 Å². The lowest BCUT2D eigenvalue weighted by Crippen LogP contribution is -2.55. The molecule has 0 saturated carbocycles. The van der Waals surface area contributed by atoms with Crippen molar-refractivity contribution in [2.75, 3.05) is 26.2 Å². The molecule has 4 heteroatoms. The molecule has 1 heterocycles. The number of ether oxygens (including phenoxy) is 1. The Labute approximate surface area is 149 Å². The molecule has 2 aromatic rings. The minimum atomic E-state index is -0.209. The normalized spacial score (nSPS) is 18.0. The van der Waals surface area contributed by atoms with E-state index in [1.807, 2.05) is 30.3 Å². The number of rotatable bonds is 6. The average Bonchev–Trinajstić information content (AvgIpc) is 2.68. The van der Waals surface area contributed by atoms with Crippen molar-refractivity contribution in [2.24, 2.45) is 0 Å². The smallest absolute Gasteiger partial charge is 0.325 e. The van der Waals surface area contributed by atoms with Crippen molar-refractivity contribution < 1.29 is 9.53 Å². The first-order valence-corrected chi connectivity index (χ1v) is 8.83. The van der Waals surface area contributed by atoms with Gasteiger partial charge >= 0.3 is 5.97 Å². The molecule has 1 radical (unpaired) electrons. The van der Waals surface area contributed by atoms with Crippen molar-refractivity contribution in [3.63, 3.8) is 0 Å². The number of hydrogen-bond donors (Lipinski definition) is 1. The highest BCUT2D eigenvalue weighted by atomic mass is 16.5. The lowest BCUT2D eigenvalue weighted by Gasteiger charge is -2.34. The van der Waals surface area contributed by atoms with Gasteiger partial charge in [-0.1, -0.05) is 61.5 Å². The van der Waals surface area contributed by atoms with Gasteiger partial charge < -0.3 is 10.1 Å². The molecule has 2 aromatic carbocycles. The maximum Gasteiger partial charge on any atom is 0.325 e. The predicted octanol–water partition coefficient (Wildman–Crippen LogP) is 2.89. The Balaban J connectivity index is 1.56. The molecule has 0 aromatic heterocycles. The molecule has 25 heavy (non-hydrogen) atoms.